The lowest BCUT2D eigenvalue weighted by atomic mass is 10.1. The van der Waals surface area contributed by atoms with E-state index in [4.69, 9.17) is 24.4 Å². The van der Waals surface area contributed by atoms with E-state index in [0.29, 0.717) is 33.4 Å². The summed E-state index contributed by atoms with van der Waals surface area (Å²) < 4.78 is 26.2. The maximum Gasteiger partial charge on any atom is 0.338 e. The fraction of sp³-hybridized carbons (Fsp3) is 0.556. The molecule has 1 aliphatic heterocycles. The number of nitrogens with two attached hydrogens (primary N) is 1. The molecule has 0 saturated carbocycles. The smallest absolute Gasteiger partial charge is 0.338 e. The predicted molar refractivity (Wildman–Crippen MR) is 148 cm³/mol. The number of hydrogen-bond acceptors (Lipinski definition) is 10. The van der Waals surface area contributed by atoms with Gasteiger partial charge in [-0.1, -0.05) is 59.7 Å². The molecule has 2 aromatic heterocycles. The van der Waals surface area contributed by atoms with Crippen molar-refractivity contribution in [1.29, 1.82) is 0 Å². The summed E-state index contributed by atoms with van der Waals surface area (Å²) in [6, 6.07) is 8.65. The molecule has 3 aromatic rings. The standard InChI is InChI=1S/C27H39N5O6Si/c1-16(2)39(17(3)4,18(5)6)37-15-36-23-22(33)20(12-35-27(34)19-10-8-7-9-11-19)38-26(23)32-14-31-21-24(28)29-13-30-25(21)32/h7-11,13-14,16-18,20,22-23,26,33H,12,15H2,1-6H3,(H2,28,29,30)/t20-,22-,23-,26-/m1/s1. The van der Waals surface area contributed by atoms with E-state index in [-0.39, 0.29) is 19.2 Å². The van der Waals surface area contributed by atoms with E-state index in [1.54, 1.807) is 28.8 Å². The summed E-state index contributed by atoms with van der Waals surface area (Å²) in [7, 11) is -2.22. The van der Waals surface area contributed by atoms with E-state index in [9.17, 15) is 9.90 Å². The van der Waals surface area contributed by atoms with E-state index < -0.39 is 38.8 Å². The number of anilines is 1. The number of nitrogens with zero attached hydrogens (tertiary/aromatic N) is 4. The molecule has 12 heteroatoms. The number of nitrogen functional groups attached to an aromatic ring is 1. The van der Waals surface area contributed by atoms with Gasteiger partial charge in [0.15, 0.2) is 17.7 Å². The van der Waals surface area contributed by atoms with Crippen LogP contribution in [0.2, 0.25) is 16.6 Å². The van der Waals surface area contributed by atoms with Gasteiger partial charge in [0.1, 0.15) is 43.6 Å². The molecular weight excluding hydrogens is 518 g/mol. The number of ether oxygens (including phenoxy) is 3. The highest BCUT2D eigenvalue weighted by atomic mass is 28.4. The van der Waals surface area contributed by atoms with Crippen LogP contribution in [-0.4, -0.2) is 70.6 Å². The number of aromatic nitrogens is 4. The molecule has 1 aromatic carbocycles. The Hall–Kier alpha value is -2.90. The van der Waals surface area contributed by atoms with E-state index >= 15 is 0 Å². The summed E-state index contributed by atoms with van der Waals surface area (Å²) in [4.78, 5) is 25.2. The van der Waals surface area contributed by atoms with Crippen molar-refractivity contribution in [1.82, 2.24) is 19.5 Å². The molecule has 0 unspecified atom stereocenters. The Bertz CT molecular complexity index is 1230. The average molecular weight is 558 g/mol. The van der Waals surface area contributed by atoms with Crippen molar-refractivity contribution in [2.75, 3.05) is 19.1 Å². The summed E-state index contributed by atoms with van der Waals surface area (Å²) in [5.41, 5.74) is 8.34. The molecule has 1 aliphatic rings. The molecule has 4 rings (SSSR count). The topological polar surface area (TPSA) is 144 Å². The van der Waals surface area contributed by atoms with Gasteiger partial charge in [-0.25, -0.2) is 19.7 Å². The van der Waals surface area contributed by atoms with Crippen LogP contribution in [0.1, 0.15) is 58.1 Å². The second-order valence-corrected chi connectivity index (χ2v) is 16.3. The Balaban J connectivity index is 1.56. The van der Waals surface area contributed by atoms with Crippen molar-refractivity contribution in [3.8, 4) is 0 Å². The highest BCUT2D eigenvalue weighted by Gasteiger charge is 2.49. The third-order valence-corrected chi connectivity index (χ3v) is 13.7. The van der Waals surface area contributed by atoms with Gasteiger partial charge in [0, 0.05) is 0 Å². The summed E-state index contributed by atoms with van der Waals surface area (Å²) >= 11 is 0. The van der Waals surface area contributed by atoms with Crippen molar-refractivity contribution in [2.45, 2.75) is 82.7 Å². The van der Waals surface area contributed by atoms with Crippen LogP contribution < -0.4 is 5.73 Å². The van der Waals surface area contributed by atoms with Crippen LogP contribution in [0.15, 0.2) is 43.0 Å². The van der Waals surface area contributed by atoms with Crippen LogP contribution in [0.25, 0.3) is 11.2 Å². The molecule has 4 atom stereocenters. The summed E-state index contributed by atoms with van der Waals surface area (Å²) in [6.07, 6.45) is -0.780. The zero-order valence-corrected chi connectivity index (χ0v) is 24.4. The monoisotopic (exact) mass is 557 g/mol. The van der Waals surface area contributed by atoms with Gasteiger partial charge in [-0.3, -0.25) is 4.57 Å². The summed E-state index contributed by atoms with van der Waals surface area (Å²) in [6.45, 7) is 13.0. The molecule has 1 fully saturated rings. The molecule has 0 aliphatic carbocycles. The Morgan fingerprint density at radius 2 is 1.74 bits per heavy atom. The SMILES string of the molecule is CC(C)[Si](OCO[C@@H]1[C@H](O)[C@@H](COC(=O)c2ccccc2)O[C@H]1n1cnc2c(N)ncnc21)(C(C)C)C(C)C. The van der Waals surface area contributed by atoms with Gasteiger partial charge in [-0.2, -0.15) is 0 Å². The van der Waals surface area contributed by atoms with Crippen LogP contribution >= 0.6 is 0 Å². The van der Waals surface area contributed by atoms with Crippen molar-refractivity contribution in [3.63, 3.8) is 0 Å². The van der Waals surface area contributed by atoms with Crippen molar-refractivity contribution in [3.05, 3.63) is 48.5 Å². The Morgan fingerprint density at radius 3 is 2.38 bits per heavy atom. The molecule has 3 N–H and O–H groups in total. The van der Waals surface area contributed by atoms with E-state index in [1.807, 2.05) is 6.07 Å². The summed E-state index contributed by atoms with van der Waals surface area (Å²) in [5.74, 6) is -0.279. The lowest BCUT2D eigenvalue weighted by molar-refractivity contribution is -0.112. The summed E-state index contributed by atoms with van der Waals surface area (Å²) in [5, 5.41) is 11.3. The third kappa shape index (κ3) is 5.70. The van der Waals surface area contributed by atoms with Crippen LogP contribution in [0.5, 0.6) is 0 Å². The fourth-order valence-corrected chi connectivity index (χ4v) is 11.1. The highest BCUT2D eigenvalue weighted by molar-refractivity contribution is 6.77. The Labute approximate surface area is 229 Å². The number of aliphatic hydroxyl groups is 1. The average Bonchev–Trinajstić information content (AvgIpc) is 3.46. The maximum absolute atomic E-state index is 12.5. The quantitative estimate of drug-likeness (QED) is 0.201. The molecule has 0 radical (unpaired) electrons. The van der Waals surface area contributed by atoms with Gasteiger partial charge in [0.2, 0.25) is 8.32 Å². The number of rotatable bonds is 11. The second-order valence-electron chi connectivity index (χ2n) is 10.8. The van der Waals surface area contributed by atoms with Crippen molar-refractivity contribution < 1.29 is 28.5 Å². The largest absolute Gasteiger partial charge is 0.459 e. The number of aliphatic hydroxyl groups excluding tert-OH is 1. The zero-order valence-electron chi connectivity index (χ0n) is 23.4. The lowest BCUT2D eigenvalue weighted by Crippen LogP contribution is -2.49. The number of carbonyl (C=O) groups excluding carboxylic acids is 1. The van der Waals surface area contributed by atoms with Crippen molar-refractivity contribution >= 4 is 31.3 Å². The Morgan fingerprint density at radius 1 is 1.08 bits per heavy atom. The Kier molecular flexibility index (Phi) is 9.02. The lowest BCUT2D eigenvalue weighted by Gasteiger charge is -2.42. The van der Waals surface area contributed by atoms with Crippen molar-refractivity contribution in [2.24, 2.45) is 0 Å². The molecule has 39 heavy (non-hydrogen) atoms. The third-order valence-electron chi connectivity index (χ3n) is 7.64. The maximum atomic E-state index is 12.5. The number of carbonyl (C=O) groups is 1. The molecule has 1 saturated heterocycles. The van der Waals surface area contributed by atoms with Crippen LogP contribution in [-0.2, 0) is 18.6 Å². The minimum Gasteiger partial charge on any atom is -0.459 e. The highest BCUT2D eigenvalue weighted by Crippen LogP contribution is 2.42. The first kappa shape index (κ1) is 29.1. The number of hydrogen-bond donors (Lipinski definition) is 2. The number of benzene rings is 1. The van der Waals surface area contributed by atoms with Crippen LogP contribution in [0.3, 0.4) is 0 Å². The molecule has 3 heterocycles. The number of imidazole rings is 1. The van der Waals surface area contributed by atoms with E-state index in [1.165, 1.54) is 12.7 Å². The number of fused-ring (bicyclic) bond motifs is 1. The van der Waals surface area contributed by atoms with Gasteiger partial charge in [-0.15, -0.1) is 0 Å². The van der Waals surface area contributed by atoms with Gasteiger partial charge >= 0.3 is 5.97 Å². The van der Waals surface area contributed by atoms with Gasteiger partial charge in [0.25, 0.3) is 0 Å². The second kappa shape index (κ2) is 12.1. The van der Waals surface area contributed by atoms with E-state index in [0.717, 1.165) is 0 Å². The normalized spacial score (nSPS) is 21.9. The first-order valence-corrected chi connectivity index (χ1v) is 15.5. The van der Waals surface area contributed by atoms with E-state index in [2.05, 4.69) is 56.5 Å². The molecule has 11 nitrogen and oxygen atoms in total. The number of esters is 1. The first-order chi connectivity index (χ1) is 18.6. The predicted octanol–water partition coefficient (Wildman–Crippen LogP) is 4.06. The van der Waals surface area contributed by atoms with Crippen LogP contribution in [0, 0.1) is 0 Å². The van der Waals surface area contributed by atoms with Gasteiger partial charge in [0.05, 0.1) is 11.9 Å². The molecular formula is C27H39N5O6Si. The molecule has 0 spiro atoms. The first-order valence-electron chi connectivity index (χ1n) is 13.3. The van der Waals surface area contributed by atoms with Crippen LogP contribution in [0.4, 0.5) is 5.82 Å². The minimum absolute atomic E-state index is 0.0113. The molecule has 0 bridgehead atoms. The zero-order chi connectivity index (χ0) is 28.3. The fourth-order valence-electron chi connectivity index (χ4n) is 5.85. The van der Waals surface area contributed by atoms with Gasteiger partial charge < -0.3 is 29.5 Å². The molecule has 212 valence electrons. The van der Waals surface area contributed by atoms with Gasteiger partial charge in [-0.05, 0) is 28.8 Å². The minimum atomic E-state index is -2.22. The molecule has 0 amide bonds.